The number of hydrogen-bond acceptors (Lipinski definition) is 3. The van der Waals surface area contributed by atoms with Gasteiger partial charge in [0.2, 0.25) is 5.91 Å². The summed E-state index contributed by atoms with van der Waals surface area (Å²) in [6.07, 6.45) is 3.17. The number of rotatable bonds is 4. The van der Waals surface area contributed by atoms with Crippen molar-refractivity contribution in [3.05, 3.63) is 59.2 Å². The molecule has 0 unspecified atom stereocenters. The predicted molar refractivity (Wildman–Crippen MR) is 104 cm³/mol. The van der Waals surface area contributed by atoms with Gasteiger partial charge in [-0.25, -0.2) is 4.98 Å². The Hall–Kier alpha value is -2.20. The minimum absolute atomic E-state index is 0.165. The van der Waals surface area contributed by atoms with Crippen LogP contribution in [0.1, 0.15) is 36.0 Å². The molecule has 0 saturated heterocycles. The highest BCUT2D eigenvalue weighted by Crippen LogP contribution is 2.36. The summed E-state index contributed by atoms with van der Waals surface area (Å²) in [5, 5.41) is 0.824. The van der Waals surface area contributed by atoms with Crippen molar-refractivity contribution in [2.75, 3.05) is 4.90 Å². The molecule has 25 heavy (non-hydrogen) atoms. The summed E-state index contributed by atoms with van der Waals surface area (Å²) in [7, 11) is 0. The first-order chi connectivity index (χ1) is 12.1. The zero-order valence-electron chi connectivity index (χ0n) is 14.7. The van der Waals surface area contributed by atoms with Crippen LogP contribution in [0.5, 0.6) is 0 Å². The van der Waals surface area contributed by atoms with Crippen LogP contribution in [0.2, 0.25) is 0 Å². The van der Waals surface area contributed by atoms with Gasteiger partial charge >= 0.3 is 0 Å². The molecule has 0 atom stereocenters. The zero-order valence-corrected chi connectivity index (χ0v) is 15.5. The van der Waals surface area contributed by atoms with Crippen LogP contribution in [-0.2, 0) is 11.3 Å². The molecule has 1 fully saturated rings. The van der Waals surface area contributed by atoms with Crippen LogP contribution in [0.25, 0.3) is 10.2 Å². The molecule has 2 aromatic carbocycles. The van der Waals surface area contributed by atoms with E-state index in [0.29, 0.717) is 6.54 Å². The maximum atomic E-state index is 13.1. The van der Waals surface area contributed by atoms with Gasteiger partial charge in [0.1, 0.15) is 0 Å². The normalized spacial score (nSPS) is 14.5. The Kier molecular flexibility index (Phi) is 4.30. The molecule has 128 valence electrons. The fraction of sp³-hybridized carbons (Fsp3) is 0.333. The molecule has 1 aliphatic rings. The van der Waals surface area contributed by atoms with Gasteiger partial charge in [0.05, 0.1) is 16.8 Å². The number of amides is 1. The van der Waals surface area contributed by atoms with Crippen molar-refractivity contribution >= 4 is 32.6 Å². The molecule has 0 spiro atoms. The number of carbonyl (C=O) groups excluding carboxylic acids is 1. The topological polar surface area (TPSA) is 33.2 Å². The highest BCUT2D eigenvalue weighted by Gasteiger charge is 2.31. The molecular weight excluding hydrogens is 328 g/mol. The lowest BCUT2D eigenvalue weighted by Gasteiger charge is -2.30. The molecule has 4 heteroatoms. The molecule has 0 N–H and O–H groups in total. The summed E-state index contributed by atoms with van der Waals surface area (Å²) < 4.78 is 1.16. The Morgan fingerprint density at radius 1 is 1.20 bits per heavy atom. The molecule has 0 aliphatic heterocycles. The number of carbonyl (C=O) groups is 1. The van der Waals surface area contributed by atoms with Gasteiger partial charge in [-0.1, -0.05) is 54.2 Å². The van der Waals surface area contributed by atoms with Crippen LogP contribution in [0.15, 0.2) is 42.5 Å². The van der Waals surface area contributed by atoms with Crippen LogP contribution in [0.3, 0.4) is 0 Å². The number of nitrogens with zero attached hydrogens (tertiary/aromatic N) is 2. The number of fused-ring (bicyclic) bond motifs is 1. The van der Waals surface area contributed by atoms with Crippen molar-refractivity contribution in [3.63, 3.8) is 0 Å². The molecule has 1 aliphatic carbocycles. The maximum absolute atomic E-state index is 13.1. The summed E-state index contributed by atoms with van der Waals surface area (Å²) in [6.45, 7) is 4.79. The van der Waals surface area contributed by atoms with Crippen LogP contribution < -0.4 is 4.90 Å². The third-order valence-electron chi connectivity index (χ3n) is 4.95. The van der Waals surface area contributed by atoms with Crippen molar-refractivity contribution in [2.45, 2.75) is 39.7 Å². The van der Waals surface area contributed by atoms with E-state index in [1.54, 1.807) is 11.3 Å². The van der Waals surface area contributed by atoms with Gasteiger partial charge in [-0.3, -0.25) is 9.69 Å². The number of benzene rings is 2. The van der Waals surface area contributed by atoms with Crippen LogP contribution in [0, 0.1) is 19.8 Å². The van der Waals surface area contributed by atoms with E-state index in [9.17, 15) is 4.79 Å². The Morgan fingerprint density at radius 3 is 2.64 bits per heavy atom. The second-order valence-corrected chi connectivity index (χ2v) is 7.97. The first-order valence-electron chi connectivity index (χ1n) is 8.85. The summed E-state index contributed by atoms with van der Waals surface area (Å²) in [6, 6.07) is 14.5. The molecule has 1 aromatic heterocycles. The second-order valence-electron chi connectivity index (χ2n) is 6.96. The zero-order chi connectivity index (χ0) is 17.4. The fourth-order valence-corrected chi connectivity index (χ4v) is 4.50. The number of anilines is 1. The average molecular weight is 350 g/mol. The largest absolute Gasteiger partial charge is 0.283 e. The second kappa shape index (κ2) is 6.60. The fourth-order valence-electron chi connectivity index (χ4n) is 3.36. The Balaban J connectivity index is 1.74. The third kappa shape index (κ3) is 3.19. The Morgan fingerprint density at radius 2 is 1.96 bits per heavy atom. The number of thiazole rings is 1. The van der Waals surface area contributed by atoms with E-state index in [0.717, 1.165) is 40.2 Å². The van der Waals surface area contributed by atoms with E-state index in [1.807, 2.05) is 23.1 Å². The van der Waals surface area contributed by atoms with E-state index >= 15 is 0 Å². The van der Waals surface area contributed by atoms with Crippen LogP contribution in [-0.4, -0.2) is 10.9 Å². The lowest BCUT2D eigenvalue weighted by molar-refractivity contribution is -0.124. The summed E-state index contributed by atoms with van der Waals surface area (Å²) in [5.41, 5.74) is 4.57. The smallest absolute Gasteiger partial charge is 0.232 e. The Labute approximate surface area is 152 Å². The molecule has 1 heterocycles. The van der Waals surface area contributed by atoms with Crippen molar-refractivity contribution in [2.24, 2.45) is 5.92 Å². The molecule has 1 amide bonds. The maximum Gasteiger partial charge on any atom is 0.232 e. The van der Waals surface area contributed by atoms with Gasteiger partial charge in [0, 0.05) is 5.92 Å². The van der Waals surface area contributed by atoms with E-state index in [-0.39, 0.29) is 11.8 Å². The van der Waals surface area contributed by atoms with E-state index in [1.165, 1.54) is 11.1 Å². The summed E-state index contributed by atoms with van der Waals surface area (Å²) >= 11 is 1.63. The Bertz CT molecular complexity index is 912. The SMILES string of the molecule is Cc1cc(C)c2nc(N(Cc3ccccc3)C(=O)C3CCC3)sc2c1. The average Bonchev–Trinajstić information content (AvgIpc) is 2.95. The van der Waals surface area contributed by atoms with Gasteiger partial charge in [-0.2, -0.15) is 0 Å². The summed E-state index contributed by atoms with van der Waals surface area (Å²) in [4.78, 5) is 19.8. The lowest BCUT2D eigenvalue weighted by atomic mass is 9.84. The predicted octanol–water partition coefficient (Wildman–Crippen LogP) is 5.25. The van der Waals surface area contributed by atoms with E-state index in [2.05, 4.69) is 38.1 Å². The monoisotopic (exact) mass is 350 g/mol. The van der Waals surface area contributed by atoms with Gasteiger partial charge < -0.3 is 0 Å². The molecule has 0 bridgehead atoms. The molecule has 1 saturated carbocycles. The van der Waals surface area contributed by atoms with Crippen molar-refractivity contribution in [3.8, 4) is 0 Å². The lowest BCUT2D eigenvalue weighted by Crippen LogP contribution is -2.38. The van der Waals surface area contributed by atoms with Crippen molar-refractivity contribution in [1.29, 1.82) is 0 Å². The van der Waals surface area contributed by atoms with Gasteiger partial charge in [-0.15, -0.1) is 0 Å². The summed E-state index contributed by atoms with van der Waals surface area (Å²) in [5.74, 6) is 0.391. The highest BCUT2D eigenvalue weighted by molar-refractivity contribution is 7.22. The molecule has 4 rings (SSSR count). The third-order valence-corrected chi connectivity index (χ3v) is 5.98. The van der Waals surface area contributed by atoms with Gasteiger partial charge in [0.25, 0.3) is 0 Å². The quantitative estimate of drug-likeness (QED) is 0.644. The minimum Gasteiger partial charge on any atom is -0.283 e. The standard InChI is InChI=1S/C21H22N2OS/c1-14-11-15(2)19-18(12-14)25-21(22-19)23(20(24)17-9-6-10-17)13-16-7-4-3-5-8-16/h3-5,7-8,11-12,17H,6,9-10,13H2,1-2H3. The van der Waals surface area contributed by atoms with E-state index in [4.69, 9.17) is 4.98 Å². The van der Waals surface area contributed by atoms with Crippen molar-refractivity contribution in [1.82, 2.24) is 4.98 Å². The minimum atomic E-state index is 0.165. The van der Waals surface area contributed by atoms with Gasteiger partial charge in [0.15, 0.2) is 5.13 Å². The van der Waals surface area contributed by atoms with E-state index < -0.39 is 0 Å². The van der Waals surface area contributed by atoms with Crippen molar-refractivity contribution < 1.29 is 4.79 Å². The highest BCUT2D eigenvalue weighted by atomic mass is 32.1. The number of aryl methyl sites for hydroxylation is 2. The molecule has 3 aromatic rings. The molecular formula is C21H22N2OS. The van der Waals surface area contributed by atoms with Gasteiger partial charge in [-0.05, 0) is 49.4 Å². The van der Waals surface area contributed by atoms with Crippen LogP contribution in [0.4, 0.5) is 5.13 Å². The number of hydrogen-bond donors (Lipinski definition) is 0. The first kappa shape index (κ1) is 16.3. The molecule has 3 nitrogen and oxygen atoms in total. The molecule has 0 radical (unpaired) electrons. The number of aromatic nitrogens is 1. The first-order valence-corrected chi connectivity index (χ1v) is 9.66. The van der Waals surface area contributed by atoms with Crippen LogP contribution >= 0.6 is 11.3 Å².